The summed E-state index contributed by atoms with van der Waals surface area (Å²) in [5.74, 6) is 2.80. The molecule has 4 heterocycles. The van der Waals surface area contributed by atoms with Crippen molar-refractivity contribution >= 4 is 5.91 Å². The molecule has 3 saturated heterocycles. The van der Waals surface area contributed by atoms with Crippen LogP contribution in [-0.2, 0) is 17.8 Å². The molecule has 2 bridgehead atoms. The van der Waals surface area contributed by atoms with Gasteiger partial charge >= 0.3 is 0 Å². The average Bonchev–Trinajstić information content (AvgIpc) is 3.14. The maximum absolute atomic E-state index is 12.9. The maximum atomic E-state index is 12.9. The van der Waals surface area contributed by atoms with E-state index in [4.69, 9.17) is 0 Å². The van der Waals surface area contributed by atoms with Crippen LogP contribution in [0.2, 0.25) is 0 Å². The van der Waals surface area contributed by atoms with Crippen LogP contribution in [0.25, 0.3) is 0 Å². The van der Waals surface area contributed by atoms with Crippen LogP contribution in [0.4, 0.5) is 0 Å². The predicted molar refractivity (Wildman–Crippen MR) is 107 cm³/mol. The summed E-state index contributed by atoms with van der Waals surface area (Å²) >= 11 is 0. The van der Waals surface area contributed by atoms with Crippen molar-refractivity contribution in [3.8, 4) is 0 Å². The van der Waals surface area contributed by atoms with E-state index in [1.165, 1.54) is 45.1 Å². The van der Waals surface area contributed by atoms with E-state index >= 15 is 0 Å². The first-order valence-electron chi connectivity index (χ1n) is 11.2. The van der Waals surface area contributed by atoms with E-state index in [2.05, 4.69) is 33.2 Å². The van der Waals surface area contributed by atoms with Crippen molar-refractivity contribution in [1.82, 2.24) is 19.4 Å². The second kappa shape index (κ2) is 8.34. The topological polar surface area (TPSA) is 41.4 Å². The van der Waals surface area contributed by atoms with Crippen LogP contribution in [0.5, 0.6) is 0 Å². The number of hydrogen-bond acceptors (Lipinski definition) is 3. The summed E-state index contributed by atoms with van der Waals surface area (Å²) in [6.07, 6.45) is 13.5. The number of imidazole rings is 1. The second-order valence-electron chi connectivity index (χ2n) is 8.94. The fourth-order valence-electron chi connectivity index (χ4n) is 5.99. The maximum Gasteiger partial charge on any atom is 0.224 e. The number of likely N-dealkylation sites (tertiary alicyclic amines) is 1. The minimum atomic E-state index is 0.342. The Kier molecular flexibility index (Phi) is 5.86. The zero-order valence-electron chi connectivity index (χ0n) is 17.1. The molecule has 0 unspecified atom stereocenters. The standard InChI is InChI=1S/C22H36N4O/c1-3-6-19-7-5-8-20-18-13-17(15-26(19)20)14-25(16-18)22(27)9-11-24-12-10-23-21(24)4-2/h10,12,17-20H,3-9,11,13-16H2,1-2H3/t17-,18+,19-,20-/m0/s1. The molecule has 1 amide bonds. The summed E-state index contributed by atoms with van der Waals surface area (Å²) in [6.45, 7) is 8.38. The molecule has 3 aliphatic heterocycles. The molecule has 1 aromatic heterocycles. The molecule has 0 spiro atoms. The summed E-state index contributed by atoms with van der Waals surface area (Å²) in [4.78, 5) is 22.4. The number of rotatable bonds is 6. The van der Waals surface area contributed by atoms with E-state index < -0.39 is 0 Å². The Hall–Kier alpha value is -1.36. The Balaban J connectivity index is 1.36. The first-order chi connectivity index (χ1) is 13.2. The Morgan fingerprint density at radius 2 is 2.11 bits per heavy atom. The van der Waals surface area contributed by atoms with Crippen molar-refractivity contribution in [2.75, 3.05) is 19.6 Å². The number of nitrogens with zero attached hydrogens (tertiary/aromatic N) is 4. The van der Waals surface area contributed by atoms with Gasteiger partial charge in [-0.25, -0.2) is 4.98 Å². The number of aromatic nitrogens is 2. The summed E-state index contributed by atoms with van der Waals surface area (Å²) in [5, 5.41) is 0. The molecule has 3 fully saturated rings. The van der Waals surface area contributed by atoms with Gasteiger partial charge in [-0.15, -0.1) is 0 Å². The van der Waals surface area contributed by atoms with E-state index in [9.17, 15) is 4.79 Å². The monoisotopic (exact) mass is 372 g/mol. The van der Waals surface area contributed by atoms with Gasteiger partial charge in [0.2, 0.25) is 5.91 Å². The predicted octanol–water partition coefficient (Wildman–Crippen LogP) is 3.34. The highest BCUT2D eigenvalue weighted by Gasteiger charge is 2.44. The number of amides is 1. The first kappa shape index (κ1) is 19.0. The normalized spacial score (nSPS) is 31.0. The van der Waals surface area contributed by atoms with Gasteiger partial charge in [0.15, 0.2) is 0 Å². The number of piperidine rings is 3. The molecule has 0 N–H and O–H groups in total. The van der Waals surface area contributed by atoms with E-state index in [1.807, 2.05) is 12.4 Å². The molecule has 0 saturated carbocycles. The number of fused-ring (bicyclic) bond motifs is 4. The molecular weight excluding hydrogens is 336 g/mol. The lowest BCUT2D eigenvalue weighted by Crippen LogP contribution is -2.62. The highest BCUT2D eigenvalue weighted by Crippen LogP contribution is 2.40. The van der Waals surface area contributed by atoms with E-state index in [0.717, 1.165) is 44.0 Å². The van der Waals surface area contributed by atoms with Crippen LogP contribution in [0.15, 0.2) is 12.4 Å². The lowest BCUT2D eigenvalue weighted by Gasteiger charge is -2.55. The zero-order chi connectivity index (χ0) is 18.8. The third-order valence-electron chi connectivity index (χ3n) is 7.17. The van der Waals surface area contributed by atoms with Gasteiger partial charge in [0.25, 0.3) is 0 Å². The number of carbonyl (C=O) groups excluding carboxylic acids is 1. The third-order valence-corrected chi connectivity index (χ3v) is 7.17. The summed E-state index contributed by atoms with van der Waals surface area (Å²) in [6, 6.07) is 1.53. The molecule has 4 atom stereocenters. The fourth-order valence-corrected chi connectivity index (χ4v) is 5.99. The Labute approximate surface area is 164 Å². The average molecular weight is 373 g/mol. The quantitative estimate of drug-likeness (QED) is 0.769. The number of carbonyl (C=O) groups is 1. The number of aryl methyl sites for hydroxylation is 2. The van der Waals surface area contributed by atoms with Gasteiger partial charge in [-0.1, -0.05) is 26.7 Å². The largest absolute Gasteiger partial charge is 0.342 e. The molecule has 150 valence electrons. The van der Waals surface area contributed by atoms with Crippen molar-refractivity contribution in [2.45, 2.75) is 83.8 Å². The molecule has 0 aliphatic carbocycles. The summed E-state index contributed by atoms with van der Waals surface area (Å²) in [7, 11) is 0. The van der Waals surface area contributed by atoms with Crippen molar-refractivity contribution in [2.24, 2.45) is 11.8 Å². The lowest BCUT2D eigenvalue weighted by molar-refractivity contribution is -0.139. The van der Waals surface area contributed by atoms with Crippen LogP contribution in [0.1, 0.15) is 64.6 Å². The van der Waals surface area contributed by atoms with Crippen molar-refractivity contribution < 1.29 is 4.79 Å². The van der Waals surface area contributed by atoms with E-state index in [0.29, 0.717) is 24.2 Å². The minimum Gasteiger partial charge on any atom is -0.342 e. The van der Waals surface area contributed by atoms with Crippen LogP contribution >= 0.6 is 0 Å². The molecule has 5 nitrogen and oxygen atoms in total. The highest BCUT2D eigenvalue weighted by atomic mass is 16.2. The highest BCUT2D eigenvalue weighted by molar-refractivity contribution is 5.76. The van der Waals surface area contributed by atoms with Crippen LogP contribution in [-0.4, -0.2) is 57.0 Å². The smallest absolute Gasteiger partial charge is 0.224 e. The van der Waals surface area contributed by atoms with Gasteiger partial charge in [0, 0.05) is 63.5 Å². The summed E-state index contributed by atoms with van der Waals surface area (Å²) in [5.41, 5.74) is 0. The van der Waals surface area contributed by atoms with Gasteiger partial charge in [0.05, 0.1) is 0 Å². The Morgan fingerprint density at radius 3 is 2.93 bits per heavy atom. The van der Waals surface area contributed by atoms with E-state index in [1.54, 1.807) is 0 Å². The Morgan fingerprint density at radius 1 is 1.22 bits per heavy atom. The van der Waals surface area contributed by atoms with Crippen LogP contribution < -0.4 is 0 Å². The molecule has 4 rings (SSSR count). The fraction of sp³-hybridized carbons (Fsp3) is 0.818. The molecule has 27 heavy (non-hydrogen) atoms. The molecular formula is C22H36N4O. The lowest BCUT2D eigenvalue weighted by atomic mass is 9.74. The van der Waals surface area contributed by atoms with Gasteiger partial charge in [0.1, 0.15) is 5.82 Å². The molecule has 3 aliphatic rings. The van der Waals surface area contributed by atoms with Gasteiger partial charge < -0.3 is 9.47 Å². The minimum absolute atomic E-state index is 0.342. The Bertz CT molecular complexity index is 640. The molecule has 0 radical (unpaired) electrons. The zero-order valence-corrected chi connectivity index (χ0v) is 17.1. The van der Waals surface area contributed by atoms with E-state index in [-0.39, 0.29) is 0 Å². The first-order valence-corrected chi connectivity index (χ1v) is 11.2. The summed E-state index contributed by atoms with van der Waals surface area (Å²) < 4.78 is 2.14. The molecule has 1 aromatic rings. The van der Waals surface area contributed by atoms with Gasteiger partial charge in [-0.3, -0.25) is 9.69 Å². The van der Waals surface area contributed by atoms with Crippen molar-refractivity contribution in [3.05, 3.63) is 18.2 Å². The SMILES string of the molecule is CCC[C@H]1CCC[C@H]2[C@@H]3C[C@@H](CN(C(=O)CCn4ccnc4CC)C3)CN12. The van der Waals surface area contributed by atoms with Crippen molar-refractivity contribution in [3.63, 3.8) is 0 Å². The number of hydrogen-bond donors (Lipinski definition) is 0. The van der Waals surface area contributed by atoms with Gasteiger partial charge in [-0.05, 0) is 37.5 Å². The van der Waals surface area contributed by atoms with Crippen LogP contribution in [0.3, 0.4) is 0 Å². The molecule has 5 heteroatoms. The third kappa shape index (κ3) is 3.94. The van der Waals surface area contributed by atoms with Gasteiger partial charge in [-0.2, -0.15) is 0 Å². The molecule has 0 aromatic carbocycles. The van der Waals surface area contributed by atoms with Crippen molar-refractivity contribution in [1.29, 1.82) is 0 Å². The van der Waals surface area contributed by atoms with Crippen LogP contribution in [0, 0.1) is 11.8 Å². The second-order valence-corrected chi connectivity index (χ2v) is 8.94.